The first-order valence-corrected chi connectivity index (χ1v) is 5.17. The summed E-state index contributed by atoms with van der Waals surface area (Å²) in [6.45, 7) is 5.40. The first kappa shape index (κ1) is 9.31. The smallest absolute Gasteiger partial charge is 0.129 e. The van der Waals surface area contributed by atoms with Gasteiger partial charge in [0.05, 0.1) is 11.9 Å². The molecule has 3 nitrogen and oxygen atoms in total. The molecule has 0 bridgehead atoms. The maximum atomic E-state index is 5.74. The molecule has 2 N–H and O–H groups in total. The van der Waals surface area contributed by atoms with Gasteiger partial charge in [0.15, 0.2) is 0 Å². The van der Waals surface area contributed by atoms with Gasteiger partial charge in [0, 0.05) is 12.6 Å². The van der Waals surface area contributed by atoms with Gasteiger partial charge in [-0.05, 0) is 38.3 Å². The van der Waals surface area contributed by atoms with Crippen LogP contribution in [0.3, 0.4) is 0 Å². The van der Waals surface area contributed by atoms with Crippen LogP contribution in [0.4, 0.5) is 11.5 Å². The zero-order chi connectivity index (χ0) is 10.1. The minimum atomic E-state index is 0.616. The van der Waals surface area contributed by atoms with E-state index in [2.05, 4.69) is 22.9 Å². The molecule has 1 atom stereocenters. The Labute approximate surface area is 84.9 Å². The van der Waals surface area contributed by atoms with Gasteiger partial charge >= 0.3 is 0 Å². The predicted molar refractivity (Wildman–Crippen MR) is 59.4 cm³/mol. The topological polar surface area (TPSA) is 42.2 Å². The van der Waals surface area contributed by atoms with Crippen molar-refractivity contribution in [2.75, 3.05) is 17.2 Å². The van der Waals surface area contributed by atoms with Crippen LogP contribution in [0.2, 0.25) is 0 Å². The fourth-order valence-corrected chi connectivity index (χ4v) is 1.98. The average molecular weight is 191 g/mol. The van der Waals surface area contributed by atoms with Gasteiger partial charge in [0.2, 0.25) is 0 Å². The van der Waals surface area contributed by atoms with E-state index in [4.69, 9.17) is 5.73 Å². The van der Waals surface area contributed by atoms with Gasteiger partial charge in [-0.25, -0.2) is 4.98 Å². The third kappa shape index (κ3) is 1.54. The van der Waals surface area contributed by atoms with Crippen molar-refractivity contribution in [1.82, 2.24) is 4.98 Å². The molecule has 14 heavy (non-hydrogen) atoms. The van der Waals surface area contributed by atoms with Crippen LogP contribution < -0.4 is 10.6 Å². The SMILES string of the molecule is Cc1cc(N2CCC[C@H]2C)ncc1N. The Hall–Kier alpha value is -1.25. The van der Waals surface area contributed by atoms with E-state index < -0.39 is 0 Å². The predicted octanol–water partition coefficient (Wildman–Crippen LogP) is 1.96. The summed E-state index contributed by atoms with van der Waals surface area (Å²) in [4.78, 5) is 6.73. The lowest BCUT2D eigenvalue weighted by molar-refractivity contribution is 0.727. The fraction of sp³-hybridized carbons (Fsp3) is 0.545. The molecule has 1 aliphatic rings. The third-order valence-electron chi connectivity index (χ3n) is 2.98. The Bertz CT molecular complexity index is 335. The number of hydrogen-bond donors (Lipinski definition) is 1. The second-order valence-electron chi connectivity index (χ2n) is 4.08. The minimum absolute atomic E-state index is 0.616. The van der Waals surface area contributed by atoms with Crippen LogP contribution in [0, 0.1) is 6.92 Å². The highest BCUT2D eigenvalue weighted by Crippen LogP contribution is 2.25. The second kappa shape index (κ2) is 3.48. The normalized spacial score (nSPS) is 21.6. The molecule has 0 radical (unpaired) electrons. The molecule has 0 spiro atoms. The van der Waals surface area contributed by atoms with Gasteiger partial charge < -0.3 is 10.6 Å². The Morgan fingerprint density at radius 1 is 1.57 bits per heavy atom. The van der Waals surface area contributed by atoms with Crippen LogP contribution in [0.1, 0.15) is 25.3 Å². The van der Waals surface area contributed by atoms with Crippen LogP contribution in [-0.4, -0.2) is 17.6 Å². The molecule has 1 aliphatic heterocycles. The summed E-state index contributed by atoms with van der Waals surface area (Å²) in [5.74, 6) is 1.07. The van der Waals surface area contributed by atoms with Crippen LogP contribution >= 0.6 is 0 Å². The minimum Gasteiger partial charge on any atom is -0.397 e. The molecule has 76 valence electrons. The summed E-state index contributed by atoms with van der Waals surface area (Å²) in [5, 5.41) is 0. The number of nitrogen functional groups attached to an aromatic ring is 1. The first-order valence-electron chi connectivity index (χ1n) is 5.17. The van der Waals surface area contributed by atoms with E-state index in [9.17, 15) is 0 Å². The Balaban J connectivity index is 2.28. The van der Waals surface area contributed by atoms with E-state index in [0.29, 0.717) is 6.04 Å². The summed E-state index contributed by atoms with van der Waals surface area (Å²) in [6.07, 6.45) is 4.30. The number of pyridine rings is 1. The van der Waals surface area contributed by atoms with E-state index in [1.807, 2.05) is 6.92 Å². The lowest BCUT2D eigenvalue weighted by Crippen LogP contribution is -2.27. The Morgan fingerprint density at radius 3 is 2.93 bits per heavy atom. The Kier molecular flexibility index (Phi) is 2.32. The molecule has 3 heteroatoms. The molecule has 1 aromatic rings. The molecular formula is C11H17N3. The molecule has 2 heterocycles. The van der Waals surface area contributed by atoms with Crippen molar-refractivity contribution in [1.29, 1.82) is 0 Å². The molecule has 1 saturated heterocycles. The largest absolute Gasteiger partial charge is 0.397 e. The lowest BCUT2D eigenvalue weighted by atomic mass is 10.2. The van der Waals surface area contributed by atoms with Crippen LogP contribution in [0.15, 0.2) is 12.3 Å². The quantitative estimate of drug-likeness (QED) is 0.737. The highest BCUT2D eigenvalue weighted by molar-refractivity contribution is 5.52. The van der Waals surface area contributed by atoms with E-state index in [0.717, 1.165) is 23.6 Å². The van der Waals surface area contributed by atoms with E-state index in [1.165, 1.54) is 12.8 Å². The third-order valence-corrected chi connectivity index (χ3v) is 2.98. The highest BCUT2D eigenvalue weighted by Gasteiger charge is 2.21. The summed E-state index contributed by atoms with van der Waals surface area (Å²) < 4.78 is 0. The van der Waals surface area contributed by atoms with E-state index in [-0.39, 0.29) is 0 Å². The second-order valence-corrected chi connectivity index (χ2v) is 4.08. The Morgan fingerprint density at radius 2 is 2.36 bits per heavy atom. The number of anilines is 2. The summed E-state index contributed by atoms with van der Waals surface area (Å²) >= 11 is 0. The van der Waals surface area contributed by atoms with Gasteiger partial charge in [-0.3, -0.25) is 0 Å². The van der Waals surface area contributed by atoms with E-state index >= 15 is 0 Å². The highest BCUT2D eigenvalue weighted by atomic mass is 15.2. The van der Waals surface area contributed by atoms with Crippen molar-refractivity contribution in [3.05, 3.63) is 17.8 Å². The molecule has 2 rings (SSSR count). The fourth-order valence-electron chi connectivity index (χ4n) is 1.98. The van der Waals surface area contributed by atoms with Crippen molar-refractivity contribution in [2.24, 2.45) is 0 Å². The van der Waals surface area contributed by atoms with Gasteiger partial charge in [0.1, 0.15) is 5.82 Å². The number of aromatic nitrogens is 1. The number of nitrogens with zero attached hydrogens (tertiary/aromatic N) is 2. The number of hydrogen-bond acceptors (Lipinski definition) is 3. The number of aryl methyl sites for hydroxylation is 1. The van der Waals surface area contributed by atoms with Gasteiger partial charge in [-0.1, -0.05) is 0 Å². The molecule has 0 saturated carbocycles. The van der Waals surface area contributed by atoms with Gasteiger partial charge in [-0.15, -0.1) is 0 Å². The van der Waals surface area contributed by atoms with Crippen molar-refractivity contribution >= 4 is 11.5 Å². The summed E-state index contributed by atoms with van der Waals surface area (Å²) in [6, 6.07) is 2.70. The number of rotatable bonds is 1. The lowest BCUT2D eigenvalue weighted by Gasteiger charge is -2.22. The summed E-state index contributed by atoms with van der Waals surface area (Å²) in [7, 11) is 0. The molecule has 0 aromatic carbocycles. The maximum absolute atomic E-state index is 5.74. The summed E-state index contributed by atoms with van der Waals surface area (Å²) in [5.41, 5.74) is 7.64. The van der Waals surface area contributed by atoms with Crippen molar-refractivity contribution in [2.45, 2.75) is 32.7 Å². The zero-order valence-electron chi connectivity index (χ0n) is 8.83. The van der Waals surface area contributed by atoms with Crippen LogP contribution in [-0.2, 0) is 0 Å². The molecule has 0 unspecified atom stereocenters. The molecule has 1 fully saturated rings. The van der Waals surface area contributed by atoms with Crippen molar-refractivity contribution < 1.29 is 0 Å². The van der Waals surface area contributed by atoms with Gasteiger partial charge in [0.25, 0.3) is 0 Å². The standard InChI is InChI=1S/C11H17N3/c1-8-6-11(13-7-10(8)12)14-5-3-4-9(14)2/h6-7,9H,3-5,12H2,1-2H3/t9-/m1/s1. The van der Waals surface area contributed by atoms with Crippen molar-refractivity contribution in [3.63, 3.8) is 0 Å². The average Bonchev–Trinajstić information content (AvgIpc) is 2.57. The molecule has 0 aliphatic carbocycles. The maximum Gasteiger partial charge on any atom is 0.129 e. The molecule has 1 aromatic heterocycles. The van der Waals surface area contributed by atoms with Crippen LogP contribution in [0.25, 0.3) is 0 Å². The van der Waals surface area contributed by atoms with E-state index in [1.54, 1.807) is 6.20 Å². The number of nitrogens with two attached hydrogens (primary N) is 1. The first-order chi connectivity index (χ1) is 6.68. The zero-order valence-corrected chi connectivity index (χ0v) is 8.83. The van der Waals surface area contributed by atoms with Crippen molar-refractivity contribution in [3.8, 4) is 0 Å². The monoisotopic (exact) mass is 191 g/mol. The molecule has 0 amide bonds. The van der Waals surface area contributed by atoms with Gasteiger partial charge in [-0.2, -0.15) is 0 Å². The molecular weight excluding hydrogens is 174 g/mol. The van der Waals surface area contributed by atoms with Crippen LogP contribution in [0.5, 0.6) is 0 Å².